The molecule has 0 unspecified atom stereocenters. The Bertz CT molecular complexity index is 523. The largest absolute Gasteiger partial charge is 0.468 e. The number of ether oxygens (including phenoxy) is 2. The molecular weight excluding hydrogens is 280 g/mol. The molecule has 0 N–H and O–H groups in total. The molecule has 0 bridgehead atoms. The Morgan fingerprint density at radius 3 is 2.71 bits per heavy atom. The Balaban J connectivity index is 2.46. The summed E-state index contributed by atoms with van der Waals surface area (Å²) < 4.78 is 11.4. The standard InChI is InChI=1S/C14H15BrO2/c1-3-10-4-5-13-11(6-10)7-12(8-14(13)15)17-9-16-2/h4-8H,3,9H2,1-2H3. The van der Waals surface area contributed by atoms with Gasteiger partial charge >= 0.3 is 0 Å². The molecular formula is C14H15BrO2. The Morgan fingerprint density at radius 1 is 1.18 bits per heavy atom. The second kappa shape index (κ2) is 5.52. The topological polar surface area (TPSA) is 18.5 Å². The molecule has 2 rings (SSSR count). The van der Waals surface area contributed by atoms with Crippen molar-refractivity contribution < 1.29 is 9.47 Å². The predicted octanol–water partition coefficient (Wildman–Crippen LogP) is 4.15. The van der Waals surface area contributed by atoms with E-state index < -0.39 is 0 Å². The van der Waals surface area contributed by atoms with E-state index >= 15 is 0 Å². The molecule has 17 heavy (non-hydrogen) atoms. The molecule has 2 aromatic carbocycles. The Kier molecular flexibility index (Phi) is 4.02. The number of hydrogen-bond acceptors (Lipinski definition) is 2. The third kappa shape index (κ3) is 2.79. The van der Waals surface area contributed by atoms with Crippen LogP contribution in [0.3, 0.4) is 0 Å². The van der Waals surface area contributed by atoms with Crippen molar-refractivity contribution in [1.82, 2.24) is 0 Å². The molecule has 0 aliphatic rings. The zero-order valence-electron chi connectivity index (χ0n) is 10.00. The number of benzene rings is 2. The number of hydrogen-bond donors (Lipinski definition) is 0. The highest BCUT2D eigenvalue weighted by molar-refractivity contribution is 9.10. The van der Waals surface area contributed by atoms with Crippen LogP contribution in [-0.2, 0) is 11.2 Å². The molecule has 0 radical (unpaired) electrons. The first-order valence-electron chi connectivity index (χ1n) is 5.58. The van der Waals surface area contributed by atoms with Crippen LogP contribution >= 0.6 is 15.9 Å². The van der Waals surface area contributed by atoms with Gasteiger partial charge in [-0.25, -0.2) is 0 Å². The van der Waals surface area contributed by atoms with E-state index in [0.717, 1.165) is 16.6 Å². The summed E-state index contributed by atoms with van der Waals surface area (Å²) in [6, 6.07) is 10.5. The fraction of sp³-hybridized carbons (Fsp3) is 0.286. The van der Waals surface area contributed by atoms with Gasteiger partial charge in [-0.1, -0.05) is 41.1 Å². The first-order chi connectivity index (χ1) is 8.24. The molecule has 0 aromatic heterocycles. The smallest absolute Gasteiger partial charge is 0.188 e. The molecule has 2 aromatic rings. The minimum atomic E-state index is 0.269. The molecule has 0 heterocycles. The minimum absolute atomic E-state index is 0.269. The third-order valence-corrected chi connectivity index (χ3v) is 3.35. The van der Waals surface area contributed by atoms with E-state index in [9.17, 15) is 0 Å². The Hall–Kier alpha value is -1.06. The van der Waals surface area contributed by atoms with Gasteiger partial charge in [-0.15, -0.1) is 0 Å². The number of aryl methyl sites for hydroxylation is 1. The van der Waals surface area contributed by atoms with Crippen molar-refractivity contribution in [2.45, 2.75) is 13.3 Å². The van der Waals surface area contributed by atoms with Crippen molar-refractivity contribution in [3.8, 4) is 5.75 Å². The van der Waals surface area contributed by atoms with Crippen molar-refractivity contribution in [3.63, 3.8) is 0 Å². The van der Waals surface area contributed by atoms with E-state index in [2.05, 4.69) is 41.1 Å². The van der Waals surface area contributed by atoms with Crippen LogP contribution in [0.1, 0.15) is 12.5 Å². The summed E-state index contributed by atoms with van der Waals surface area (Å²) in [6.07, 6.45) is 1.04. The number of methoxy groups -OCH3 is 1. The Morgan fingerprint density at radius 2 is 2.00 bits per heavy atom. The van der Waals surface area contributed by atoms with Gasteiger partial charge in [-0.3, -0.25) is 0 Å². The molecule has 90 valence electrons. The van der Waals surface area contributed by atoms with Gasteiger partial charge in [-0.2, -0.15) is 0 Å². The molecule has 0 atom stereocenters. The molecule has 0 saturated carbocycles. The summed E-state index contributed by atoms with van der Waals surface area (Å²) in [4.78, 5) is 0. The maximum atomic E-state index is 5.47. The van der Waals surface area contributed by atoms with Crippen LogP contribution in [0.4, 0.5) is 0 Å². The van der Waals surface area contributed by atoms with Crippen LogP contribution in [0.2, 0.25) is 0 Å². The summed E-state index contributed by atoms with van der Waals surface area (Å²) in [5, 5.41) is 2.39. The molecule has 0 spiro atoms. The second-order valence-electron chi connectivity index (χ2n) is 3.87. The fourth-order valence-electron chi connectivity index (χ4n) is 1.78. The maximum absolute atomic E-state index is 5.47. The first kappa shape index (κ1) is 12.4. The lowest BCUT2D eigenvalue weighted by atomic mass is 10.1. The monoisotopic (exact) mass is 294 g/mol. The molecule has 0 fully saturated rings. The lowest BCUT2D eigenvalue weighted by Gasteiger charge is -2.09. The van der Waals surface area contributed by atoms with Crippen LogP contribution in [0.15, 0.2) is 34.8 Å². The number of halogens is 1. The summed E-state index contributed by atoms with van der Waals surface area (Å²) in [5.74, 6) is 0.819. The molecule has 0 amide bonds. The van der Waals surface area contributed by atoms with E-state index in [-0.39, 0.29) is 6.79 Å². The molecule has 0 aliphatic carbocycles. The van der Waals surface area contributed by atoms with E-state index in [4.69, 9.17) is 9.47 Å². The van der Waals surface area contributed by atoms with Crippen LogP contribution < -0.4 is 4.74 Å². The lowest BCUT2D eigenvalue weighted by Crippen LogP contribution is -1.98. The van der Waals surface area contributed by atoms with Gasteiger partial charge in [0.05, 0.1) is 0 Å². The van der Waals surface area contributed by atoms with Crippen LogP contribution in [-0.4, -0.2) is 13.9 Å². The summed E-state index contributed by atoms with van der Waals surface area (Å²) >= 11 is 3.57. The van der Waals surface area contributed by atoms with Crippen molar-refractivity contribution in [3.05, 3.63) is 40.4 Å². The van der Waals surface area contributed by atoms with Gasteiger partial charge in [0, 0.05) is 11.6 Å². The fourth-order valence-corrected chi connectivity index (χ4v) is 2.36. The number of fused-ring (bicyclic) bond motifs is 1. The van der Waals surface area contributed by atoms with Crippen molar-refractivity contribution in [1.29, 1.82) is 0 Å². The normalized spacial score (nSPS) is 10.8. The average molecular weight is 295 g/mol. The summed E-state index contributed by atoms with van der Waals surface area (Å²) in [6.45, 7) is 2.42. The summed E-state index contributed by atoms with van der Waals surface area (Å²) in [5.41, 5.74) is 1.33. The van der Waals surface area contributed by atoms with E-state index in [1.165, 1.54) is 16.3 Å². The number of rotatable bonds is 4. The van der Waals surface area contributed by atoms with E-state index in [1.807, 2.05) is 12.1 Å². The quantitative estimate of drug-likeness (QED) is 0.789. The Labute approximate surface area is 110 Å². The van der Waals surface area contributed by atoms with E-state index in [0.29, 0.717) is 0 Å². The van der Waals surface area contributed by atoms with Gasteiger partial charge in [0.25, 0.3) is 0 Å². The maximum Gasteiger partial charge on any atom is 0.188 e. The third-order valence-electron chi connectivity index (χ3n) is 2.69. The summed E-state index contributed by atoms with van der Waals surface area (Å²) in [7, 11) is 1.62. The predicted molar refractivity (Wildman–Crippen MR) is 73.5 cm³/mol. The van der Waals surface area contributed by atoms with Gasteiger partial charge in [0.15, 0.2) is 6.79 Å². The van der Waals surface area contributed by atoms with Crippen molar-refractivity contribution >= 4 is 26.7 Å². The van der Waals surface area contributed by atoms with Gasteiger partial charge in [0.2, 0.25) is 0 Å². The lowest BCUT2D eigenvalue weighted by molar-refractivity contribution is 0.0512. The molecule has 0 aliphatic heterocycles. The molecule has 0 saturated heterocycles. The highest BCUT2D eigenvalue weighted by Crippen LogP contribution is 2.30. The molecule has 2 nitrogen and oxygen atoms in total. The van der Waals surface area contributed by atoms with Crippen molar-refractivity contribution in [2.24, 2.45) is 0 Å². The first-order valence-corrected chi connectivity index (χ1v) is 6.38. The van der Waals surface area contributed by atoms with Crippen LogP contribution in [0, 0.1) is 0 Å². The molecule has 3 heteroatoms. The average Bonchev–Trinajstić information content (AvgIpc) is 2.35. The zero-order valence-corrected chi connectivity index (χ0v) is 11.6. The zero-order chi connectivity index (χ0) is 12.3. The van der Waals surface area contributed by atoms with Crippen molar-refractivity contribution in [2.75, 3.05) is 13.9 Å². The SMILES string of the molecule is CCc1ccc2c(Br)cc(OCOC)cc2c1. The van der Waals surface area contributed by atoms with Gasteiger partial charge < -0.3 is 9.47 Å². The van der Waals surface area contributed by atoms with E-state index in [1.54, 1.807) is 7.11 Å². The minimum Gasteiger partial charge on any atom is -0.468 e. The van der Waals surface area contributed by atoms with Gasteiger partial charge in [-0.05, 0) is 34.9 Å². The highest BCUT2D eigenvalue weighted by Gasteiger charge is 2.03. The highest BCUT2D eigenvalue weighted by atomic mass is 79.9. The van der Waals surface area contributed by atoms with Gasteiger partial charge in [0.1, 0.15) is 5.75 Å². The van der Waals surface area contributed by atoms with Crippen LogP contribution in [0.5, 0.6) is 5.75 Å². The second-order valence-corrected chi connectivity index (χ2v) is 4.72. The van der Waals surface area contributed by atoms with Crippen LogP contribution in [0.25, 0.3) is 10.8 Å².